The van der Waals surface area contributed by atoms with E-state index in [0.717, 1.165) is 27.0 Å². The maximum absolute atomic E-state index is 6.08. The van der Waals surface area contributed by atoms with Crippen molar-refractivity contribution in [1.82, 2.24) is 4.98 Å². The molecule has 0 saturated heterocycles. The first-order valence-corrected chi connectivity index (χ1v) is 7.07. The highest BCUT2D eigenvalue weighted by molar-refractivity contribution is 7.16. The molecule has 1 heterocycles. The topological polar surface area (TPSA) is 54.2 Å². The van der Waals surface area contributed by atoms with E-state index in [9.17, 15) is 0 Å². The van der Waals surface area contributed by atoms with Crippen molar-refractivity contribution in [2.45, 2.75) is 13.0 Å². The van der Waals surface area contributed by atoms with Gasteiger partial charge in [0, 0.05) is 38.4 Å². The van der Waals surface area contributed by atoms with Crippen LogP contribution in [0.5, 0.6) is 0 Å². The smallest absolute Gasteiger partial charge is 0.183 e. The lowest BCUT2D eigenvalue weighted by molar-refractivity contribution is 0.837. The lowest BCUT2D eigenvalue weighted by Crippen LogP contribution is -2.11. The molecular formula is C14H20N4S. The Morgan fingerprint density at radius 1 is 1.32 bits per heavy atom. The first-order valence-electron chi connectivity index (χ1n) is 6.25. The van der Waals surface area contributed by atoms with Crippen molar-refractivity contribution < 1.29 is 0 Å². The largest absolute Gasteiger partial charge is 0.377 e. The zero-order chi connectivity index (χ0) is 14.0. The summed E-state index contributed by atoms with van der Waals surface area (Å²) < 4.78 is 0. The van der Waals surface area contributed by atoms with Crippen molar-refractivity contribution in [1.29, 1.82) is 0 Å². The zero-order valence-electron chi connectivity index (χ0n) is 11.8. The molecule has 0 bridgehead atoms. The van der Waals surface area contributed by atoms with Crippen molar-refractivity contribution in [3.63, 3.8) is 0 Å². The third-order valence-corrected chi connectivity index (χ3v) is 4.20. The van der Waals surface area contributed by atoms with Gasteiger partial charge >= 0.3 is 0 Å². The van der Waals surface area contributed by atoms with E-state index in [1.165, 1.54) is 0 Å². The molecule has 0 amide bonds. The van der Waals surface area contributed by atoms with Gasteiger partial charge in [0.2, 0.25) is 0 Å². The summed E-state index contributed by atoms with van der Waals surface area (Å²) in [5.41, 5.74) is 9.33. The standard InChI is InChI=1S/C14H20N4S/c1-9(15)13-12(17-14(16-2)19-13)10-7-5-6-8-11(10)18(3)4/h5-9H,15H2,1-4H3,(H,16,17). The Hall–Kier alpha value is -1.59. The van der Waals surface area contributed by atoms with E-state index < -0.39 is 0 Å². The van der Waals surface area contributed by atoms with E-state index in [1.54, 1.807) is 11.3 Å². The van der Waals surface area contributed by atoms with Crippen molar-refractivity contribution in [2.24, 2.45) is 5.73 Å². The van der Waals surface area contributed by atoms with Crippen LogP contribution in [0.15, 0.2) is 24.3 Å². The third-order valence-electron chi connectivity index (χ3n) is 2.92. The van der Waals surface area contributed by atoms with Crippen molar-refractivity contribution in [3.05, 3.63) is 29.1 Å². The molecule has 1 aromatic carbocycles. The van der Waals surface area contributed by atoms with E-state index in [0.29, 0.717) is 0 Å². The summed E-state index contributed by atoms with van der Waals surface area (Å²) in [5, 5.41) is 4.00. The van der Waals surface area contributed by atoms with Crippen LogP contribution in [0.3, 0.4) is 0 Å². The number of hydrogen-bond acceptors (Lipinski definition) is 5. The van der Waals surface area contributed by atoms with Crippen LogP contribution in [0.2, 0.25) is 0 Å². The highest BCUT2D eigenvalue weighted by Crippen LogP contribution is 2.38. The third kappa shape index (κ3) is 2.72. The lowest BCUT2D eigenvalue weighted by atomic mass is 10.1. The number of rotatable bonds is 4. The second-order valence-electron chi connectivity index (χ2n) is 4.68. The summed E-state index contributed by atoms with van der Waals surface area (Å²) in [6.07, 6.45) is 0. The number of hydrogen-bond donors (Lipinski definition) is 2. The molecule has 0 saturated carbocycles. The molecule has 0 aliphatic carbocycles. The van der Waals surface area contributed by atoms with Crippen LogP contribution in [0.4, 0.5) is 10.8 Å². The molecule has 19 heavy (non-hydrogen) atoms. The SMILES string of the molecule is CNc1nc(-c2ccccc2N(C)C)c(C(C)N)s1. The highest BCUT2D eigenvalue weighted by Gasteiger charge is 2.18. The van der Waals surface area contributed by atoms with Crippen LogP contribution in [0.25, 0.3) is 11.3 Å². The maximum Gasteiger partial charge on any atom is 0.183 e. The molecule has 4 nitrogen and oxygen atoms in total. The van der Waals surface area contributed by atoms with E-state index >= 15 is 0 Å². The molecule has 102 valence electrons. The number of anilines is 2. The Kier molecular flexibility index (Phi) is 4.07. The van der Waals surface area contributed by atoms with Gasteiger partial charge in [-0.2, -0.15) is 0 Å². The average molecular weight is 276 g/mol. The fourth-order valence-electron chi connectivity index (χ4n) is 2.00. The molecule has 2 aromatic rings. The Balaban J connectivity index is 2.61. The Bertz CT molecular complexity index is 560. The first kappa shape index (κ1) is 13.8. The molecule has 0 spiro atoms. The van der Waals surface area contributed by atoms with Crippen LogP contribution in [-0.2, 0) is 0 Å². The number of nitrogens with zero attached hydrogens (tertiary/aromatic N) is 2. The van der Waals surface area contributed by atoms with Crippen LogP contribution in [-0.4, -0.2) is 26.1 Å². The van der Waals surface area contributed by atoms with Gasteiger partial charge in [0.05, 0.1) is 10.6 Å². The normalized spacial score (nSPS) is 12.3. The summed E-state index contributed by atoms with van der Waals surface area (Å²) in [4.78, 5) is 7.87. The summed E-state index contributed by atoms with van der Waals surface area (Å²) in [6.45, 7) is 1.99. The molecular weight excluding hydrogens is 256 g/mol. The van der Waals surface area contributed by atoms with Gasteiger partial charge in [0.1, 0.15) is 0 Å². The number of benzene rings is 1. The zero-order valence-corrected chi connectivity index (χ0v) is 12.6. The lowest BCUT2D eigenvalue weighted by Gasteiger charge is -2.17. The second-order valence-corrected chi connectivity index (χ2v) is 5.71. The highest BCUT2D eigenvalue weighted by atomic mass is 32.1. The minimum atomic E-state index is -0.0233. The average Bonchev–Trinajstić information content (AvgIpc) is 2.83. The first-order chi connectivity index (χ1) is 9.04. The van der Waals surface area contributed by atoms with Gasteiger partial charge in [0.25, 0.3) is 0 Å². The van der Waals surface area contributed by atoms with Gasteiger partial charge in [-0.3, -0.25) is 0 Å². The Morgan fingerprint density at radius 3 is 2.58 bits per heavy atom. The van der Waals surface area contributed by atoms with E-state index in [-0.39, 0.29) is 6.04 Å². The van der Waals surface area contributed by atoms with Crippen LogP contribution >= 0.6 is 11.3 Å². The van der Waals surface area contributed by atoms with E-state index in [1.807, 2.05) is 40.2 Å². The minimum absolute atomic E-state index is 0.0233. The molecule has 1 atom stereocenters. The fraction of sp³-hybridized carbons (Fsp3) is 0.357. The summed E-state index contributed by atoms with van der Waals surface area (Å²) in [5.74, 6) is 0. The Labute approximate surface area is 118 Å². The number of para-hydroxylation sites is 1. The monoisotopic (exact) mass is 276 g/mol. The number of nitrogens with two attached hydrogens (primary N) is 1. The van der Waals surface area contributed by atoms with Gasteiger partial charge in [0.15, 0.2) is 5.13 Å². The van der Waals surface area contributed by atoms with Gasteiger partial charge in [-0.15, -0.1) is 0 Å². The molecule has 0 aliphatic heterocycles. The van der Waals surface area contributed by atoms with Gasteiger partial charge in [-0.25, -0.2) is 4.98 Å². The summed E-state index contributed by atoms with van der Waals surface area (Å²) in [7, 11) is 5.96. The van der Waals surface area contributed by atoms with E-state index in [2.05, 4.69) is 27.3 Å². The van der Waals surface area contributed by atoms with Gasteiger partial charge in [-0.1, -0.05) is 29.5 Å². The summed E-state index contributed by atoms with van der Waals surface area (Å²) >= 11 is 1.62. The van der Waals surface area contributed by atoms with Crippen LogP contribution in [0, 0.1) is 0 Å². The maximum atomic E-state index is 6.08. The molecule has 0 fully saturated rings. The van der Waals surface area contributed by atoms with E-state index in [4.69, 9.17) is 5.73 Å². The predicted molar refractivity (Wildman–Crippen MR) is 84.0 cm³/mol. The minimum Gasteiger partial charge on any atom is -0.377 e. The van der Waals surface area contributed by atoms with Gasteiger partial charge in [-0.05, 0) is 13.0 Å². The fourth-order valence-corrected chi connectivity index (χ4v) is 2.89. The quantitative estimate of drug-likeness (QED) is 0.901. The Morgan fingerprint density at radius 2 is 2.00 bits per heavy atom. The second kappa shape index (κ2) is 5.59. The molecule has 3 N–H and O–H groups in total. The predicted octanol–water partition coefficient (Wildman–Crippen LogP) is 2.94. The van der Waals surface area contributed by atoms with Crippen LogP contribution < -0.4 is 16.0 Å². The number of nitrogens with one attached hydrogen (secondary N) is 1. The molecule has 1 aromatic heterocycles. The molecule has 0 aliphatic rings. The van der Waals surface area contributed by atoms with Crippen LogP contribution in [0.1, 0.15) is 17.8 Å². The van der Waals surface area contributed by atoms with Crippen molar-refractivity contribution in [3.8, 4) is 11.3 Å². The van der Waals surface area contributed by atoms with Crippen molar-refractivity contribution >= 4 is 22.2 Å². The van der Waals surface area contributed by atoms with Crippen molar-refractivity contribution in [2.75, 3.05) is 31.4 Å². The van der Waals surface area contributed by atoms with Gasteiger partial charge < -0.3 is 16.0 Å². The molecule has 0 radical (unpaired) electrons. The number of thiazole rings is 1. The number of aromatic nitrogens is 1. The molecule has 5 heteroatoms. The summed E-state index contributed by atoms with van der Waals surface area (Å²) in [6, 6.07) is 8.24. The molecule has 1 unspecified atom stereocenters. The molecule has 2 rings (SSSR count).